The van der Waals surface area contributed by atoms with Crippen LogP contribution in [0.25, 0.3) is 22.4 Å². The number of rotatable bonds is 10. The second-order valence-electron chi connectivity index (χ2n) is 7.28. The highest BCUT2D eigenvalue weighted by molar-refractivity contribution is 7.76. The number of nitrogens with one attached hydrogen (secondary N) is 1. The third-order valence-corrected chi connectivity index (χ3v) is 5.89. The summed E-state index contributed by atoms with van der Waals surface area (Å²) in [5, 5.41) is 11.9. The SMILES string of the molecule is CCc1cc2c(C(=O)NC)c(-c3ccc(F)cc3)oc2nc1CN(CCCC(=O)O)S(=O)O. The standard InChI is InChI=1S/C22H24FN3O6S/c1-3-13-11-16-19(21(29)24-2)20(14-6-8-15(23)9-7-14)32-22(16)25-17(13)12-26(33(30)31)10-4-5-18(27)28/h6-9,11H,3-5,10,12H2,1-2H3,(H,24,29)(H,27,28)(H,30,31). The van der Waals surface area contributed by atoms with E-state index in [0.717, 1.165) is 5.56 Å². The molecular formula is C22H24FN3O6S. The fourth-order valence-electron chi connectivity index (χ4n) is 3.48. The number of pyridine rings is 1. The van der Waals surface area contributed by atoms with Crippen LogP contribution in [0.3, 0.4) is 0 Å². The van der Waals surface area contributed by atoms with Gasteiger partial charge in [-0.15, -0.1) is 0 Å². The average molecular weight is 478 g/mol. The molecule has 0 aliphatic carbocycles. The van der Waals surface area contributed by atoms with Gasteiger partial charge >= 0.3 is 5.97 Å². The molecule has 11 heteroatoms. The van der Waals surface area contributed by atoms with E-state index in [-0.39, 0.29) is 43.0 Å². The molecule has 3 aromatic rings. The van der Waals surface area contributed by atoms with Crippen molar-refractivity contribution in [2.45, 2.75) is 32.7 Å². The van der Waals surface area contributed by atoms with E-state index >= 15 is 0 Å². The van der Waals surface area contributed by atoms with E-state index in [1.807, 2.05) is 6.92 Å². The Kier molecular flexibility index (Phi) is 7.90. The number of carbonyl (C=O) groups excluding carboxylic acids is 1. The Morgan fingerprint density at radius 3 is 2.55 bits per heavy atom. The van der Waals surface area contributed by atoms with Crippen molar-refractivity contribution in [2.75, 3.05) is 13.6 Å². The van der Waals surface area contributed by atoms with Gasteiger partial charge in [-0.1, -0.05) is 6.92 Å². The molecule has 9 nitrogen and oxygen atoms in total. The van der Waals surface area contributed by atoms with Crippen LogP contribution in [0.1, 0.15) is 41.4 Å². The van der Waals surface area contributed by atoms with Crippen molar-refractivity contribution in [1.29, 1.82) is 0 Å². The van der Waals surface area contributed by atoms with E-state index in [1.54, 1.807) is 6.07 Å². The summed E-state index contributed by atoms with van der Waals surface area (Å²) in [4.78, 5) is 28.0. The molecule has 1 aromatic carbocycles. The monoisotopic (exact) mass is 477 g/mol. The van der Waals surface area contributed by atoms with E-state index in [1.165, 1.54) is 35.6 Å². The van der Waals surface area contributed by atoms with Crippen LogP contribution < -0.4 is 5.32 Å². The van der Waals surface area contributed by atoms with E-state index in [9.17, 15) is 22.7 Å². The van der Waals surface area contributed by atoms with Crippen LogP contribution in [-0.4, -0.2) is 48.6 Å². The van der Waals surface area contributed by atoms with E-state index in [2.05, 4.69) is 10.3 Å². The Balaban J connectivity index is 2.07. The number of nitrogens with zero attached hydrogens (tertiary/aromatic N) is 2. The highest BCUT2D eigenvalue weighted by Crippen LogP contribution is 2.34. The first-order chi connectivity index (χ1) is 15.7. The lowest BCUT2D eigenvalue weighted by Gasteiger charge is -2.18. The van der Waals surface area contributed by atoms with Crippen molar-refractivity contribution in [3.05, 3.63) is 53.0 Å². The molecule has 1 unspecified atom stereocenters. The largest absolute Gasteiger partial charge is 0.481 e. The lowest BCUT2D eigenvalue weighted by molar-refractivity contribution is -0.137. The molecule has 2 aromatic heterocycles. The summed E-state index contributed by atoms with van der Waals surface area (Å²) in [5.41, 5.74) is 2.14. The summed E-state index contributed by atoms with van der Waals surface area (Å²) in [6, 6.07) is 7.28. The summed E-state index contributed by atoms with van der Waals surface area (Å²) in [6.07, 6.45) is 0.598. The second-order valence-corrected chi connectivity index (χ2v) is 8.26. The van der Waals surface area contributed by atoms with E-state index < -0.39 is 29.0 Å². The van der Waals surface area contributed by atoms with Gasteiger partial charge in [0.15, 0.2) is 0 Å². The number of hydrogen-bond acceptors (Lipinski definition) is 5. The summed E-state index contributed by atoms with van der Waals surface area (Å²) in [7, 11) is 1.49. The first-order valence-electron chi connectivity index (χ1n) is 10.3. The predicted octanol–water partition coefficient (Wildman–Crippen LogP) is 3.36. The number of carboxylic acid groups (broad SMARTS) is 1. The van der Waals surface area contributed by atoms with Crippen LogP contribution in [0, 0.1) is 5.82 Å². The smallest absolute Gasteiger partial charge is 0.303 e. The first-order valence-corrected chi connectivity index (χ1v) is 11.3. The maximum Gasteiger partial charge on any atom is 0.303 e. The van der Waals surface area contributed by atoms with Crippen molar-refractivity contribution in [3.63, 3.8) is 0 Å². The number of hydrogen-bond donors (Lipinski definition) is 3. The van der Waals surface area contributed by atoms with Gasteiger partial charge in [-0.25, -0.2) is 13.6 Å². The number of benzene rings is 1. The minimum absolute atomic E-state index is 0.0102. The third-order valence-electron chi connectivity index (χ3n) is 5.14. The predicted molar refractivity (Wildman–Crippen MR) is 120 cm³/mol. The van der Waals surface area contributed by atoms with Gasteiger partial charge in [-0.05, 0) is 48.7 Å². The number of aliphatic carboxylic acids is 1. The summed E-state index contributed by atoms with van der Waals surface area (Å²) in [6.45, 7) is 1.96. The number of halogens is 1. The Morgan fingerprint density at radius 2 is 1.97 bits per heavy atom. The third kappa shape index (κ3) is 5.62. The first kappa shape index (κ1) is 24.5. The number of furan rings is 1. The molecule has 33 heavy (non-hydrogen) atoms. The topological polar surface area (TPSA) is 133 Å². The molecule has 176 valence electrons. The lowest BCUT2D eigenvalue weighted by atomic mass is 10.0. The molecule has 2 heterocycles. The number of aromatic nitrogens is 1. The molecule has 0 aliphatic heterocycles. The number of amides is 1. The van der Waals surface area contributed by atoms with Gasteiger partial charge in [0.2, 0.25) is 17.0 Å². The van der Waals surface area contributed by atoms with Crippen LogP contribution in [0.4, 0.5) is 4.39 Å². The van der Waals surface area contributed by atoms with E-state index in [4.69, 9.17) is 9.52 Å². The number of fused-ring (bicyclic) bond motifs is 1. The molecule has 0 saturated carbocycles. The molecule has 0 radical (unpaired) electrons. The molecule has 1 atom stereocenters. The highest BCUT2D eigenvalue weighted by atomic mass is 32.2. The number of aryl methyl sites for hydroxylation is 1. The molecule has 0 fully saturated rings. The minimum Gasteiger partial charge on any atom is -0.481 e. The van der Waals surface area contributed by atoms with Gasteiger partial charge in [0.25, 0.3) is 5.91 Å². The Hall–Kier alpha value is -3.15. The Bertz CT molecular complexity index is 1200. The van der Waals surface area contributed by atoms with Crippen molar-refractivity contribution in [2.24, 2.45) is 0 Å². The van der Waals surface area contributed by atoms with Crippen molar-refractivity contribution < 1.29 is 32.3 Å². The zero-order chi connectivity index (χ0) is 24.1. The molecule has 0 bridgehead atoms. The van der Waals surface area contributed by atoms with Crippen LogP contribution in [0.2, 0.25) is 0 Å². The summed E-state index contributed by atoms with van der Waals surface area (Å²) < 4.78 is 42.0. The number of carboxylic acids is 1. The fourth-order valence-corrected chi connectivity index (χ4v) is 4.00. The van der Waals surface area contributed by atoms with Crippen molar-refractivity contribution >= 4 is 34.2 Å². The Morgan fingerprint density at radius 1 is 1.27 bits per heavy atom. The molecular weight excluding hydrogens is 453 g/mol. The van der Waals surface area contributed by atoms with Crippen molar-refractivity contribution in [1.82, 2.24) is 14.6 Å². The molecule has 0 spiro atoms. The van der Waals surface area contributed by atoms with Gasteiger partial charge in [-0.3, -0.25) is 14.1 Å². The van der Waals surface area contributed by atoms with Crippen LogP contribution >= 0.6 is 0 Å². The normalized spacial score (nSPS) is 12.3. The Labute approximate surface area is 192 Å². The van der Waals surface area contributed by atoms with Gasteiger partial charge in [0.1, 0.15) is 11.6 Å². The van der Waals surface area contributed by atoms with Gasteiger partial charge < -0.3 is 14.8 Å². The highest BCUT2D eigenvalue weighted by Gasteiger charge is 2.25. The maximum absolute atomic E-state index is 13.4. The molecule has 3 N–H and O–H groups in total. The molecule has 0 aliphatic rings. The maximum atomic E-state index is 13.4. The lowest BCUT2D eigenvalue weighted by Crippen LogP contribution is -2.27. The average Bonchev–Trinajstić information content (AvgIpc) is 3.15. The van der Waals surface area contributed by atoms with E-state index in [0.29, 0.717) is 23.1 Å². The fraction of sp³-hybridized carbons (Fsp3) is 0.318. The molecule has 3 rings (SSSR count). The number of carbonyl (C=O) groups is 2. The quantitative estimate of drug-likeness (QED) is 0.381. The minimum atomic E-state index is -2.33. The van der Waals surface area contributed by atoms with Crippen molar-refractivity contribution in [3.8, 4) is 11.3 Å². The van der Waals surface area contributed by atoms with Gasteiger partial charge in [0, 0.05) is 25.6 Å². The van der Waals surface area contributed by atoms with Crippen LogP contribution in [0.15, 0.2) is 34.7 Å². The second kappa shape index (κ2) is 10.6. The van der Waals surface area contributed by atoms with Crippen LogP contribution in [0.5, 0.6) is 0 Å². The van der Waals surface area contributed by atoms with Gasteiger partial charge in [0.05, 0.1) is 23.2 Å². The summed E-state index contributed by atoms with van der Waals surface area (Å²) in [5.74, 6) is -1.57. The zero-order valence-corrected chi connectivity index (χ0v) is 18.9. The molecule has 1 amide bonds. The zero-order valence-electron chi connectivity index (χ0n) is 18.1. The van der Waals surface area contributed by atoms with Gasteiger partial charge in [-0.2, -0.15) is 4.31 Å². The molecule has 0 saturated heterocycles. The summed E-state index contributed by atoms with van der Waals surface area (Å²) >= 11 is -2.33. The van der Waals surface area contributed by atoms with Crippen LogP contribution in [-0.2, 0) is 29.0 Å².